The third-order valence-corrected chi connectivity index (χ3v) is 3.44. The number of ether oxygens (including phenoxy) is 2. The van der Waals surface area contributed by atoms with E-state index in [2.05, 4.69) is 5.32 Å². The molecule has 2 rings (SSSR count). The van der Waals surface area contributed by atoms with Crippen molar-refractivity contribution in [3.05, 3.63) is 58.9 Å². The average Bonchev–Trinajstić information content (AvgIpc) is 2.50. The van der Waals surface area contributed by atoms with Gasteiger partial charge in [0, 0.05) is 24.7 Å². The molecule has 1 N–H and O–H groups in total. The summed E-state index contributed by atoms with van der Waals surface area (Å²) in [5.74, 6) is 1.33. The zero-order valence-corrected chi connectivity index (χ0v) is 12.6. The lowest BCUT2D eigenvalue weighted by Crippen LogP contribution is -2.14. The lowest BCUT2D eigenvalue weighted by Gasteiger charge is -2.12. The van der Waals surface area contributed by atoms with Gasteiger partial charge in [0.15, 0.2) is 0 Å². The second kappa shape index (κ2) is 7.09. The first-order valence-electron chi connectivity index (χ1n) is 6.80. The van der Waals surface area contributed by atoms with E-state index in [0.29, 0.717) is 13.1 Å². The maximum absolute atomic E-state index is 13.2. The summed E-state index contributed by atoms with van der Waals surface area (Å²) in [6.07, 6.45) is 0. The van der Waals surface area contributed by atoms with Gasteiger partial charge in [-0.15, -0.1) is 0 Å². The van der Waals surface area contributed by atoms with Crippen molar-refractivity contribution in [1.82, 2.24) is 5.32 Å². The van der Waals surface area contributed by atoms with Crippen molar-refractivity contribution in [3.8, 4) is 11.5 Å². The second-order valence-corrected chi connectivity index (χ2v) is 4.85. The van der Waals surface area contributed by atoms with Crippen LogP contribution in [0.5, 0.6) is 11.5 Å². The molecule has 0 heterocycles. The fraction of sp³-hybridized carbons (Fsp3) is 0.294. The molecule has 21 heavy (non-hydrogen) atoms. The molecular formula is C17H20FNO2. The largest absolute Gasteiger partial charge is 0.497 e. The minimum absolute atomic E-state index is 0.209. The highest BCUT2D eigenvalue weighted by Gasteiger charge is 2.05. The van der Waals surface area contributed by atoms with Gasteiger partial charge in [-0.05, 0) is 36.2 Å². The van der Waals surface area contributed by atoms with Crippen molar-refractivity contribution in [1.29, 1.82) is 0 Å². The Morgan fingerprint density at radius 1 is 0.952 bits per heavy atom. The summed E-state index contributed by atoms with van der Waals surface area (Å²) in [6, 6.07) is 10.5. The van der Waals surface area contributed by atoms with E-state index in [1.807, 2.05) is 25.1 Å². The quantitative estimate of drug-likeness (QED) is 0.883. The van der Waals surface area contributed by atoms with Crippen LogP contribution in [0.4, 0.5) is 4.39 Å². The third kappa shape index (κ3) is 3.95. The Hall–Kier alpha value is -2.07. The first-order chi connectivity index (χ1) is 10.1. The number of hydrogen-bond acceptors (Lipinski definition) is 3. The van der Waals surface area contributed by atoms with Crippen molar-refractivity contribution in [3.63, 3.8) is 0 Å². The highest BCUT2D eigenvalue weighted by Crippen LogP contribution is 2.24. The summed E-state index contributed by atoms with van der Waals surface area (Å²) in [6.45, 7) is 3.23. The Kier molecular flexibility index (Phi) is 5.17. The van der Waals surface area contributed by atoms with Gasteiger partial charge < -0.3 is 14.8 Å². The van der Waals surface area contributed by atoms with Gasteiger partial charge in [-0.1, -0.05) is 12.1 Å². The Morgan fingerprint density at radius 3 is 2.43 bits per heavy atom. The summed E-state index contributed by atoms with van der Waals surface area (Å²) < 4.78 is 23.8. The van der Waals surface area contributed by atoms with E-state index in [1.165, 1.54) is 6.07 Å². The van der Waals surface area contributed by atoms with Crippen LogP contribution in [0, 0.1) is 12.7 Å². The first kappa shape index (κ1) is 15.3. The maximum atomic E-state index is 13.2. The van der Waals surface area contributed by atoms with Crippen LogP contribution in [0.25, 0.3) is 0 Å². The van der Waals surface area contributed by atoms with Crippen molar-refractivity contribution in [2.75, 3.05) is 14.2 Å². The Labute approximate surface area is 124 Å². The van der Waals surface area contributed by atoms with Crippen molar-refractivity contribution in [2.45, 2.75) is 20.0 Å². The SMILES string of the molecule is COc1ccc(CNCc2cc(F)ccc2C)c(OC)c1. The standard InChI is InChI=1S/C17H20FNO2/c1-12-4-6-15(18)8-14(12)11-19-10-13-5-7-16(20-2)9-17(13)21-3/h4-9,19H,10-11H2,1-3H3. The highest BCUT2D eigenvalue weighted by molar-refractivity contribution is 5.40. The molecule has 4 heteroatoms. The fourth-order valence-corrected chi connectivity index (χ4v) is 2.16. The number of nitrogens with one attached hydrogen (secondary N) is 1. The molecule has 0 aliphatic carbocycles. The minimum atomic E-state index is -0.209. The number of methoxy groups -OCH3 is 2. The smallest absolute Gasteiger partial charge is 0.127 e. The predicted molar refractivity (Wildman–Crippen MR) is 81.2 cm³/mol. The maximum Gasteiger partial charge on any atom is 0.127 e. The Morgan fingerprint density at radius 2 is 1.71 bits per heavy atom. The van der Waals surface area contributed by atoms with Gasteiger partial charge in [-0.2, -0.15) is 0 Å². The molecule has 0 spiro atoms. The van der Waals surface area contributed by atoms with E-state index in [1.54, 1.807) is 26.4 Å². The Balaban J connectivity index is 2.01. The topological polar surface area (TPSA) is 30.5 Å². The van der Waals surface area contributed by atoms with Crippen molar-refractivity contribution in [2.24, 2.45) is 0 Å². The molecule has 3 nitrogen and oxygen atoms in total. The van der Waals surface area contributed by atoms with Crippen LogP contribution in [0.3, 0.4) is 0 Å². The summed E-state index contributed by atoms with van der Waals surface area (Å²) in [4.78, 5) is 0. The van der Waals surface area contributed by atoms with Crippen LogP contribution in [0.15, 0.2) is 36.4 Å². The molecule has 2 aromatic carbocycles. The fourth-order valence-electron chi connectivity index (χ4n) is 2.16. The van der Waals surface area contributed by atoms with Crippen LogP contribution in [-0.4, -0.2) is 14.2 Å². The van der Waals surface area contributed by atoms with E-state index in [0.717, 1.165) is 28.2 Å². The van der Waals surface area contributed by atoms with Crippen molar-refractivity contribution >= 4 is 0 Å². The van der Waals surface area contributed by atoms with Gasteiger partial charge in [-0.25, -0.2) is 4.39 Å². The van der Waals surface area contributed by atoms with E-state index in [9.17, 15) is 4.39 Å². The highest BCUT2D eigenvalue weighted by atomic mass is 19.1. The molecule has 0 radical (unpaired) electrons. The van der Waals surface area contributed by atoms with E-state index >= 15 is 0 Å². The summed E-state index contributed by atoms with van der Waals surface area (Å²) >= 11 is 0. The number of hydrogen-bond donors (Lipinski definition) is 1. The second-order valence-electron chi connectivity index (χ2n) is 4.85. The lowest BCUT2D eigenvalue weighted by molar-refractivity contribution is 0.390. The molecular weight excluding hydrogens is 269 g/mol. The van der Waals surface area contributed by atoms with Gasteiger partial charge in [-0.3, -0.25) is 0 Å². The van der Waals surface area contributed by atoms with Crippen LogP contribution in [0.1, 0.15) is 16.7 Å². The molecule has 112 valence electrons. The average molecular weight is 289 g/mol. The summed E-state index contributed by atoms with van der Waals surface area (Å²) in [5, 5.41) is 3.31. The van der Waals surface area contributed by atoms with E-state index < -0.39 is 0 Å². The molecule has 0 saturated heterocycles. The molecule has 0 fully saturated rings. The monoisotopic (exact) mass is 289 g/mol. The number of rotatable bonds is 6. The normalized spacial score (nSPS) is 10.5. The van der Waals surface area contributed by atoms with Crippen LogP contribution in [0.2, 0.25) is 0 Å². The van der Waals surface area contributed by atoms with Gasteiger partial charge in [0.2, 0.25) is 0 Å². The van der Waals surface area contributed by atoms with Gasteiger partial charge in [0.05, 0.1) is 14.2 Å². The zero-order valence-electron chi connectivity index (χ0n) is 12.6. The molecule has 2 aromatic rings. The summed E-state index contributed by atoms with van der Waals surface area (Å²) in [7, 11) is 3.26. The summed E-state index contributed by atoms with van der Waals surface area (Å²) in [5.41, 5.74) is 3.07. The molecule has 0 atom stereocenters. The molecule has 0 bridgehead atoms. The molecule has 0 saturated carbocycles. The van der Waals surface area contributed by atoms with E-state index in [-0.39, 0.29) is 5.82 Å². The predicted octanol–water partition coefficient (Wildman–Crippen LogP) is 3.44. The van der Waals surface area contributed by atoms with Crippen LogP contribution < -0.4 is 14.8 Å². The molecule has 0 aliphatic heterocycles. The van der Waals surface area contributed by atoms with Gasteiger partial charge in [0.1, 0.15) is 17.3 Å². The molecule has 0 aromatic heterocycles. The van der Waals surface area contributed by atoms with Gasteiger partial charge >= 0.3 is 0 Å². The van der Waals surface area contributed by atoms with Crippen LogP contribution >= 0.6 is 0 Å². The third-order valence-electron chi connectivity index (χ3n) is 3.44. The molecule has 0 amide bonds. The lowest BCUT2D eigenvalue weighted by atomic mass is 10.1. The first-order valence-corrected chi connectivity index (χ1v) is 6.80. The van der Waals surface area contributed by atoms with Gasteiger partial charge in [0.25, 0.3) is 0 Å². The molecule has 0 unspecified atom stereocenters. The number of benzene rings is 2. The Bertz CT molecular complexity index is 614. The number of halogens is 1. The van der Waals surface area contributed by atoms with Crippen molar-refractivity contribution < 1.29 is 13.9 Å². The molecule has 0 aliphatic rings. The minimum Gasteiger partial charge on any atom is -0.497 e. The van der Waals surface area contributed by atoms with Crippen LogP contribution in [-0.2, 0) is 13.1 Å². The zero-order chi connectivity index (χ0) is 15.2. The number of aryl methyl sites for hydroxylation is 1. The van der Waals surface area contributed by atoms with E-state index in [4.69, 9.17) is 9.47 Å².